The van der Waals surface area contributed by atoms with Crippen LogP contribution in [0.25, 0.3) is 10.8 Å². The van der Waals surface area contributed by atoms with Crippen molar-refractivity contribution < 1.29 is 19.4 Å². The van der Waals surface area contributed by atoms with Gasteiger partial charge < -0.3 is 25.6 Å². The van der Waals surface area contributed by atoms with Gasteiger partial charge in [-0.05, 0) is 30.3 Å². The third-order valence-electron chi connectivity index (χ3n) is 4.46. The number of methoxy groups -OCH3 is 1. The molecule has 0 atom stereocenters. The highest BCUT2D eigenvalue weighted by molar-refractivity contribution is 5.97. The summed E-state index contributed by atoms with van der Waals surface area (Å²) in [6.07, 6.45) is 1.56. The first-order valence-corrected chi connectivity index (χ1v) is 9.01. The second-order valence-corrected chi connectivity index (χ2v) is 6.36. The number of nitrogens with two attached hydrogens (primary N) is 1. The fraction of sp³-hybridized carbons (Fsp3) is 0.0455. The van der Waals surface area contributed by atoms with E-state index in [1.54, 1.807) is 30.5 Å². The summed E-state index contributed by atoms with van der Waals surface area (Å²) < 4.78 is 11.2. The van der Waals surface area contributed by atoms with Crippen LogP contribution in [-0.4, -0.2) is 28.2 Å². The smallest absolute Gasteiger partial charge is 0.335 e. The van der Waals surface area contributed by atoms with E-state index in [-0.39, 0.29) is 11.5 Å². The summed E-state index contributed by atoms with van der Waals surface area (Å²) in [7, 11) is 1.46. The average Bonchev–Trinajstić information content (AvgIpc) is 2.76. The van der Waals surface area contributed by atoms with Crippen LogP contribution in [0.4, 0.5) is 17.3 Å². The van der Waals surface area contributed by atoms with E-state index in [1.165, 1.54) is 19.2 Å². The summed E-state index contributed by atoms with van der Waals surface area (Å²) in [4.78, 5) is 19.7. The fourth-order valence-electron chi connectivity index (χ4n) is 3.00. The average molecular weight is 402 g/mol. The van der Waals surface area contributed by atoms with Gasteiger partial charge in [0.05, 0.1) is 18.4 Å². The number of benzene rings is 3. The summed E-state index contributed by atoms with van der Waals surface area (Å²) in [5, 5.41) is 13.9. The molecular weight excluding hydrogens is 384 g/mol. The number of carboxylic acid groups (broad SMARTS) is 1. The van der Waals surface area contributed by atoms with Gasteiger partial charge in [-0.1, -0.05) is 24.3 Å². The molecule has 0 spiro atoms. The highest BCUT2D eigenvalue weighted by atomic mass is 16.5. The zero-order valence-electron chi connectivity index (χ0n) is 16.0. The molecule has 0 aliphatic rings. The van der Waals surface area contributed by atoms with Crippen molar-refractivity contribution in [1.29, 1.82) is 0 Å². The monoisotopic (exact) mass is 402 g/mol. The molecule has 0 saturated heterocycles. The Morgan fingerprint density at radius 2 is 1.83 bits per heavy atom. The number of nitrogens with one attached hydrogen (secondary N) is 1. The standard InChI is InChI=1S/C22H18N4O4/c1-29-19-12-13(21(27)28)6-8-17(19)25-22-24-11-10-20(26-22)30-18-9-7-16(23)14-4-2-3-5-15(14)18/h2-12H,23H2,1H3,(H,27,28)(H,24,25,26). The Morgan fingerprint density at radius 3 is 2.60 bits per heavy atom. The first kappa shape index (κ1) is 19.0. The number of ether oxygens (including phenoxy) is 2. The Balaban J connectivity index is 1.62. The molecule has 1 heterocycles. The quantitative estimate of drug-likeness (QED) is 0.405. The molecule has 0 aliphatic carbocycles. The van der Waals surface area contributed by atoms with Crippen molar-refractivity contribution in [2.75, 3.05) is 18.2 Å². The number of nitrogen functional groups attached to an aromatic ring is 1. The predicted molar refractivity (Wildman–Crippen MR) is 114 cm³/mol. The molecule has 0 bridgehead atoms. The van der Waals surface area contributed by atoms with E-state index in [2.05, 4.69) is 15.3 Å². The van der Waals surface area contributed by atoms with E-state index in [4.69, 9.17) is 20.3 Å². The summed E-state index contributed by atoms with van der Waals surface area (Å²) in [6.45, 7) is 0. The molecule has 8 nitrogen and oxygen atoms in total. The van der Waals surface area contributed by atoms with Crippen molar-refractivity contribution in [2.24, 2.45) is 0 Å². The molecule has 0 amide bonds. The molecule has 4 rings (SSSR count). The van der Waals surface area contributed by atoms with Crippen LogP contribution in [0.3, 0.4) is 0 Å². The molecule has 0 unspecified atom stereocenters. The van der Waals surface area contributed by atoms with E-state index in [1.807, 2.05) is 24.3 Å². The van der Waals surface area contributed by atoms with Crippen LogP contribution in [0.5, 0.6) is 17.4 Å². The summed E-state index contributed by atoms with van der Waals surface area (Å²) >= 11 is 0. The first-order valence-electron chi connectivity index (χ1n) is 9.01. The molecule has 3 aromatic carbocycles. The normalized spacial score (nSPS) is 10.6. The fourth-order valence-corrected chi connectivity index (χ4v) is 3.00. The SMILES string of the molecule is COc1cc(C(=O)O)ccc1Nc1nccc(Oc2ccc(N)c3ccccc23)n1. The minimum atomic E-state index is -1.04. The van der Waals surface area contributed by atoms with Crippen LogP contribution in [0, 0.1) is 0 Å². The maximum atomic E-state index is 11.1. The Morgan fingerprint density at radius 1 is 1.03 bits per heavy atom. The molecular formula is C22H18N4O4. The van der Waals surface area contributed by atoms with Gasteiger partial charge in [-0.2, -0.15) is 4.98 Å². The lowest BCUT2D eigenvalue weighted by Gasteiger charge is -2.12. The summed E-state index contributed by atoms with van der Waals surface area (Å²) in [5.74, 6) is 0.543. The Labute approximate surface area is 171 Å². The predicted octanol–water partition coefficient (Wildman–Crippen LogP) is 4.45. The van der Waals surface area contributed by atoms with E-state index < -0.39 is 5.97 Å². The first-order chi connectivity index (χ1) is 14.5. The third-order valence-corrected chi connectivity index (χ3v) is 4.46. The molecule has 0 fully saturated rings. The van der Waals surface area contributed by atoms with Gasteiger partial charge in [-0.25, -0.2) is 9.78 Å². The number of aromatic nitrogens is 2. The van der Waals surface area contributed by atoms with E-state index >= 15 is 0 Å². The number of hydrogen-bond acceptors (Lipinski definition) is 7. The molecule has 1 aromatic heterocycles. The largest absolute Gasteiger partial charge is 0.495 e. The van der Waals surface area contributed by atoms with Gasteiger partial charge in [-0.3, -0.25) is 0 Å². The zero-order valence-corrected chi connectivity index (χ0v) is 16.0. The molecule has 4 aromatic rings. The number of nitrogens with zero attached hydrogens (tertiary/aromatic N) is 2. The van der Waals surface area contributed by atoms with Crippen LogP contribution < -0.4 is 20.5 Å². The van der Waals surface area contributed by atoms with Gasteiger partial charge in [0.2, 0.25) is 11.8 Å². The lowest BCUT2D eigenvalue weighted by atomic mass is 10.1. The number of hydrogen-bond donors (Lipinski definition) is 3. The highest BCUT2D eigenvalue weighted by Crippen LogP contribution is 2.33. The molecule has 150 valence electrons. The van der Waals surface area contributed by atoms with Crippen LogP contribution >= 0.6 is 0 Å². The van der Waals surface area contributed by atoms with Gasteiger partial charge in [0.1, 0.15) is 11.5 Å². The minimum absolute atomic E-state index is 0.116. The molecule has 0 saturated carbocycles. The Bertz CT molecular complexity index is 1240. The van der Waals surface area contributed by atoms with Crippen molar-refractivity contribution >= 4 is 34.1 Å². The second-order valence-electron chi connectivity index (χ2n) is 6.36. The van der Waals surface area contributed by atoms with Gasteiger partial charge in [0.15, 0.2) is 0 Å². The third kappa shape index (κ3) is 3.79. The number of anilines is 3. The van der Waals surface area contributed by atoms with Crippen molar-refractivity contribution in [3.63, 3.8) is 0 Å². The second kappa shape index (κ2) is 7.96. The lowest BCUT2D eigenvalue weighted by molar-refractivity contribution is 0.0696. The molecule has 4 N–H and O–H groups in total. The molecule has 30 heavy (non-hydrogen) atoms. The van der Waals surface area contributed by atoms with Crippen LogP contribution in [0.2, 0.25) is 0 Å². The number of carboxylic acids is 1. The molecule has 8 heteroatoms. The van der Waals surface area contributed by atoms with Crippen LogP contribution in [0.15, 0.2) is 66.9 Å². The van der Waals surface area contributed by atoms with Gasteiger partial charge in [0.25, 0.3) is 0 Å². The summed E-state index contributed by atoms with van der Waals surface area (Å²) in [5.41, 5.74) is 7.35. The minimum Gasteiger partial charge on any atom is -0.495 e. The Hall–Kier alpha value is -4.33. The van der Waals surface area contributed by atoms with E-state index in [9.17, 15) is 4.79 Å². The van der Waals surface area contributed by atoms with Gasteiger partial charge >= 0.3 is 5.97 Å². The molecule has 0 radical (unpaired) electrons. The summed E-state index contributed by atoms with van der Waals surface area (Å²) in [6, 6.07) is 17.4. The Kier molecular flexibility index (Phi) is 5.04. The van der Waals surface area contributed by atoms with Crippen molar-refractivity contribution in [1.82, 2.24) is 9.97 Å². The topological polar surface area (TPSA) is 120 Å². The van der Waals surface area contributed by atoms with Crippen LogP contribution in [0.1, 0.15) is 10.4 Å². The maximum absolute atomic E-state index is 11.1. The lowest BCUT2D eigenvalue weighted by Crippen LogP contribution is -2.02. The van der Waals surface area contributed by atoms with Crippen molar-refractivity contribution in [3.05, 3.63) is 72.4 Å². The van der Waals surface area contributed by atoms with Crippen molar-refractivity contribution in [3.8, 4) is 17.4 Å². The number of rotatable bonds is 6. The van der Waals surface area contributed by atoms with Crippen LogP contribution in [-0.2, 0) is 0 Å². The zero-order chi connectivity index (χ0) is 21.1. The maximum Gasteiger partial charge on any atom is 0.335 e. The van der Waals surface area contributed by atoms with Gasteiger partial charge in [-0.15, -0.1) is 0 Å². The van der Waals surface area contributed by atoms with E-state index in [0.29, 0.717) is 28.8 Å². The number of aromatic carboxylic acids is 1. The number of fused-ring (bicyclic) bond motifs is 1. The van der Waals surface area contributed by atoms with Gasteiger partial charge in [0, 0.05) is 28.7 Å². The number of carbonyl (C=O) groups is 1. The highest BCUT2D eigenvalue weighted by Gasteiger charge is 2.12. The molecule has 0 aliphatic heterocycles. The van der Waals surface area contributed by atoms with E-state index in [0.717, 1.165) is 10.8 Å². The van der Waals surface area contributed by atoms with Crippen molar-refractivity contribution in [2.45, 2.75) is 0 Å².